The van der Waals surface area contributed by atoms with E-state index in [1.54, 1.807) is 4.90 Å². The lowest BCUT2D eigenvalue weighted by atomic mass is 10.2. The van der Waals surface area contributed by atoms with Gasteiger partial charge in [-0.05, 0) is 31.9 Å². The Morgan fingerprint density at radius 1 is 1.47 bits per heavy atom. The van der Waals surface area contributed by atoms with Crippen molar-refractivity contribution in [2.24, 2.45) is 5.73 Å². The van der Waals surface area contributed by atoms with Gasteiger partial charge in [0.15, 0.2) is 0 Å². The third-order valence-electron chi connectivity index (χ3n) is 3.03. The molecule has 0 aliphatic heterocycles. The summed E-state index contributed by atoms with van der Waals surface area (Å²) >= 11 is 0. The van der Waals surface area contributed by atoms with Crippen LogP contribution in [0.1, 0.15) is 35.8 Å². The number of anilines is 1. The van der Waals surface area contributed by atoms with Gasteiger partial charge in [0.2, 0.25) is 0 Å². The molecule has 104 valence electrons. The van der Waals surface area contributed by atoms with E-state index in [0.717, 1.165) is 25.0 Å². The first-order chi connectivity index (χ1) is 8.84. The summed E-state index contributed by atoms with van der Waals surface area (Å²) in [5.74, 6) is -0.734. The molecule has 0 aromatic carbocycles. The molecule has 1 amide bonds. The van der Waals surface area contributed by atoms with Crippen molar-refractivity contribution in [2.45, 2.75) is 32.0 Å². The second-order valence-electron chi connectivity index (χ2n) is 4.45. The van der Waals surface area contributed by atoms with E-state index in [2.05, 4.69) is 4.98 Å². The summed E-state index contributed by atoms with van der Waals surface area (Å²) in [6.45, 7) is 2.30. The van der Waals surface area contributed by atoms with Gasteiger partial charge in [-0.1, -0.05) is 0 Å². The van der Waals surface area contributed by atoms with Crippen molar-refractivity contribution in [3.8, 4) is 0 Å². The minimum atomic E-state index is -4.53. The molecule has 0 atom stereocenters. The van der Waals surface area contributed by atoms with Crippen LogP contribution in [-0.4, -0.2) is 23.5 Å². The summed E-state index contributed by atoms with van der Waals surface area (Å²) in [6, 6.07) is 2.03. The van der Waals surface area contributed by atoms with Crippen molar-refractivity contribution < 1.29 is 18.0 Å². The fourth-order valence-corrected chi connectivity index (χ4v) is 1.98. The summed E-state index contributed by atoms with van der Waals surface area (Å²) < 4.78 is 38.1. The van der Waals surface area contributed by atoms with Gasteiger partial charge < -0.3 is 10.6 Å². The number of carbonyl (C=O) groups excluding carboxylic acids is 1. The van der Waals surface area contributed by atoms with Crippen molar-refractivity contribution in [3.63, 3.8) is 0 Å². The number of nitrogens with zero attached hydrogens (tertiary/aromatic N) is 2. The summed E-state index contributed by atoms with van der Waals surface area (Å²) in [7, 11) is 0. The molecule has 0 radical (unpaired) electrons. The zero-order valence-electron chi connectivity index (χ0n) is 10.4. The fourth-order valence-electron chi connectivity index (χ4n) is 1.98. The molecular formula is C12H14F3N3O. The second kappa shape index (κ2) is 4.71. The molecule has 2 N–H and O–H groups in total. The Morgan fingerprint density at radius 2 is 2.11 bits per heavy atom. The van der Waals surface area contributed by atoms with Crippen LogP contribution in [0.4, 0.5) is 19.0 Å². The first-order valence-corrected chi connectivity index (χ1v) is 5.99. The van der Waals surface area contributed by atoms with Gasteiger partial charge in [-0.25, -0.2) is 4.98 Å². The van der Waals surface area contributed by atoms with E-state index < -0.39 is 17.8 Å². The lowest BCUT2D eigenvalue weighted by Gasteiger charge is -2.24. The molecule has 7 heteroatoms. The molecule has 1 fully saturated rings. The third kappa shape index (κ3) is 2.80. The molecular weight excluding hydrogens is 259 g/mol. The average Bonchev–Trinajstić information content (AvgIpc) is 3.13. The van der Waals surface area contributed by atoms with Crippen LogP contribution in [0, 0.1) is 0 Å². The number of carbonyl (C=O) groups is 1. The van der Waals surface area contributed by atoms with Crippen molar-refractivity contribution in [3.05, 3.63) is 23.4 Å². The molecule has 0 bridgehead atoms. The van der Waals surface area contributed by atoms with E-state index in [0.29, 0.717) is 6.54 Å². The van der Waals surface area contributed by atoms with Crippen LogP contribution >= 0.6 is 0 Å². The Balaban J connectivity index is 2.49. The minimum absolute atomic E-state index is 0.0294. The zero-order valence-corrected chi connectivity index (χ0v) is 10.4. The number of halogens is 3. The van der Waals surface area contributed by atoms with Crippen LogP contribution in [0.25, 0.3) is 0 Å². The number of rotatable bonds is 4. The largest absolute Gasteiger partial charge is 0.433 e. The standard InChI is InChI=1S/C12H14F3N3O/c1-2-18(7-3-4-7)11-8(10(16)19)5-6-9(17-11)12(13,14)15/h5-7H,2-4H2,1H3,(H2,16,19). The van der Waals surface area contributed by atoms with Gasteiger partial charge in [-0.3, -0.25) is 4.79 Å². The van der Waals surface area contributed by atoms with E-state index in [9.17, 15) is 18.0 Å². The number of hydrogen-bond donors (Lipinski definition) is 1. The maximum Gasteiger partial charge on any atom is 0.433 e. The van der Waals surface area contributed by atoms with Crippen molar-refractivity contribution >= 4 is 11.7 Å². The topological polar surface area (TPSA) is 59.2 Å². The number of pyridine rings is 1. The van der Waals surface area contributed by atoms with Crippen molar-refractivity contribution in [1.82, 2.24) is 4.98 Å². The highest BCUT2D eigenvalue weighted by molar-refractivity contribution is 5.97. The van der Waals surface area contributed by atoms with Gasteiger partial charge in [0, 0.05) is 12.6 Å². The van der Waals surface area contributed by atoms with E-state index in [4.69, 9.17) is 5.73 Å². The first-order valence-electron chi connectivity index (χ1n) is 5.99. The molecule has 4 nitrogen and oxygen atoms in total. The summed E-state index contributed by atoms with van der Waals surface area (Å²) in [4.78, 5) is 16.6. The highest BCUT2D eigenvalue weighted by atomic mass is 19.4. The van der Waals surface area contributed by atoms with Crippen LogP contribution in [0.2, 0.25) is 0 Å². The van der Waals surface area contributed by atoms with Gasteiger partial charge in [-0.2, -0.15) is 13.2 Å². The molecule has 2 rings (SSSR count). The number of hydrogen-bond acceptors (Lipinski definition) is 3. The monoisotopic (exact) mass is 273 g/mol. The molecule has 1 aromatic rings. The molecule has 0 unspecified atom stereocenters. The predicted molar refractivity (Wildman–Crippen MR) is 63.8 cm³/mol. The highest BCUT2D eigenvalue weighted by Crippen LogP contribution is 2.35. The van der Waals surface area contributed by atoms with E-state index in [-0.39, 0.29) is 17.4 Å². The Morgan fingerprint density at radius 3 is 2.53 bits per heavy atom. The normalized spacial score (nSPS) is 15.4. The third-order valence-corrected chi connectivity index (χ3v) is 3.03. The molecule has 0 saturated heterocycles. The Labute approximate surface area is 108 Å². The molecule has 1 saturated carbocycles. The molecule has 1 aromatic heterocycles. The predicted octanol–water partition coefficient (Wildman–Crippen LogP) is 2.19. The smallest absolute Gasteiger partial charge is 0.365 e. The average molecular weight is 273 g/mol. The zero-order chi connectivity index (χ0) is 14.2. The minimum Gasteiger partial charge on any atom is -0.365 e. The van der Waals surface area contributed by atoms with E-state index >= 15 is 0 Å². The number of amides is 1. The molecule has 1 heterocycles. The van der Waals surface area contributed by atoms with Crippen LogP contribution in [0.5, 0.6) is 0 Å². The van der Waals surface area contributed by atoms with E-state index in [1.807, 2.05) is 6.92 Å². The van der Waals surface area contributed by atoms with Gasteiger partial charge >= 0.3 is 6.18 Å². The van der Waals surface area contributed by atoms with Crippen LogP contribution in [0.15, 0.2) is 12.1 Å². The quantitative estimate of drug-likeness (QED) is 0.914. The maximum absolute atomic E-state index is 12.7. The van der Waals surface area contributed by atoms with Crippen molar-refractivity contribution in [2.75, 3.05) is 11.4 Å². The number of aromatic nitrogens is 1. The van der Waals surface area contributed by atoms with Crippen LogP contribution < -0.4 is 10.6 Å². The van der Waals surface area contributed by atoms with Crippen molar-refractivity contribution in [1.29, 1.82) is 0 Å². The number of alkyl halides is 3. The van der Waals surface area contributed by atoms with E-state index in [1.165, 1.54) is 0 Å². The molecule has 1 aliphatic carbocycles. The van der Waals surface area contributed by atoms with Gasteiger partial charge in [-0.15, -0.1) is 0 Å². The number of primary amides is 1. The summed E-state index contributed by atoms with van der Waals surface area (Å²) in [5.41, 5.74) is 4.22. The Kier molecular flexibility index (Phi) is 3.38. The second-order valence-corrected chi connectivity index (χ2v) is 4.45. The summed E-state index contributed by atoms with van der Waals surface area (Å²) in [5, 5.41) is 0. The molecule has 0 spiro atoms. The van der Waals surface area contributed by atoms with Gasteiger partial charge in [0.1, 0.15) is 11.5 Å². The van der Waals surface area contributed by atoms with Crippen LogP contribution in [0.3, 0.4) is 0 Å². The molecule has 19 heavy (non-hydrogen) atoms. The lowest BCUT2D eigenvalue weighted by Crippen LogP contribution is -2.30. The summed E-state index contributed by atoms with van der Waals surface area (Å²) in [6.07, 6.45) is -2.75. The maximum atomic E-state index is 12.7. The first kappa shape index (κ1) is 13.6. The van der Waals surface area contributed by atoms with Gasteiger partial charge in [0.05, 0.1) is 5.56 Å². The molecule has 1 aliphatic rings. The fraction of sp³-hybridized carbons (Fsp3) is 0.500. The highest BCUT2D eigenvalue weighted by Gasteiger charge is 2.36. The SMILES string of the molecule is CCN(c1nc(C(F)(F)F)ccc1C(N)=O)C1CC1. The van der Waals surface area contributed by atoms with Gasteiger partial charge in [0.25, 0.3) is 5.91 Å². The van der Waals surface area contributed by atoms with Crippen LogP contribution in [-0.2, 0) is 6.18 Å². The number of nitrogens with two attached hydrogens (primary N) is 1. The Hall–Kier alpha value is -1.79. The Bertz CT molecular complexity index is 497. The lowest BCUT2D eigenvalue weighted by molar-refractivity contribution is -0.141.